The minimum atomic E-state index is -0.380. The molecule has 0 radical (unpaired) electrons. The normalized spacial score (nSPS) is 12.6. The van der Waals surface area contributed by atoms with E-state index in [1.54, 1.807) is 37.1 Å². The van der Waals surface area contributed by atoms with Gasteiger partial charge >= 0.3 is 6.03 Å². The van der Waals surface area contributed by atoms with E-state index in [1.807, 2.05) is 49.4 Å². The van der Waals surface area contributed by atoms with Gasteiger partial charge in [-0.3, -0.25) is 4.79 Å². The third-order valence-electron chi connectivity index (χ3n) is 5.75. The maximum atomic E-state index is 13.9. The lowest BCUT2D eigenvalue weighted by molar-refractivity contribution is -0.436. The van der Waals surface area contributed by atoms with Crippen molar-refractivity contribution in [3.63, 3.8) is 0 Å². The van der Waals surface area contributed by atoms with E-state index in [-0.39, 0.29) is 30.9 Å². The Kier molecular flexibility index (Phi) is 6.72. The molecule has 6 nitrogen and oxygen atoms in total. The molecule has 4 rings (SSSR count). The minimum absolute atomic E-state index is 0.0605. The Bertz CT molecular complexity index is 1270. The SMILES string of the molecule is CC(=O)N(Cc1ccc2c(c1)C[N+](C(=O)Nc1ccc(C)c(F)c1)=CCO2)c1ccc(C)cc1. The van der Waals surface area contributed by atoms with Crippen LogP contribution >= 0.6 is 0 Å². The third kappa shape index (κ3) is 5.31. The van der Waals surface area contributed by atoms with Gasteiger partial charge in [0.05, 0.1) is 6.54 Å². The highest BCUT2D eigenvalue weighted by molar-refractivity contribution is 5.91. The Morgan fingerprint density at radius 1 is 1.06 bits per heavy atom. The summed E-state index contributed by atoms with van der Waals surface area (Å²) in [6.45, 7) is 6.12. The van der Waals surface area contributed by atoms with Gasteiger partial charge in [-0.15, -0.1) is 0 Å². The van der Waals surface area contributed by atoms with E-state index in [9.17, 15) is 14.0 Å². The Morgan fingerprint density at radius 3 is 2.53 bits per heavy atom. The third-order valence-corrected chi connectivity index (χ3v) is 5.75. The van der Waals surface area contributed by atoms with Crippen LogP contribution in [0.2, 0.25) is 0 Å². The highest BCUT2D eigenvalue weighted by Gasteiger charge is 2.23. The molecule has 0 saturated heterocycles. The summed E-state index contributed by atoms with van der Waals surface area (Å²) < 4.78 is 21.2. The van der Waals surface area contributed by atoms with Crippen LogP contribution in [0.4, 0.5) is 20.6 Å². The smallest absolute Gasteiger partial charge is 0.485 e. The second-order valence-corrected chi connectivity index (χ2v) is 8.40. The largest absolute Gasteiger partial charge is 0.496 e. The maximum absolute atomic E-state index is 13.9. The standard InChI is InChI=1S/C27H26FN3O3/c1-18-4-9-24(10-5-18)31(20(3)32)16-21-7-11-26-22(14-21)17-30(12-13-34-26)27(33)29-23-8-6-19(2)25(28)15-23/h4-12,14-15H,13,16-17H2,1-3H3/p+1. The van der Waals surface area contributed by atoms with Crippen molar-refractivity contribution < 1.29 is 23.3 Å². The molecular formula is C27H27FN3O3+. The van der Waals surface area contributed by atoms with Gasteiger partial charge in [-0.1, -0.05) is 29.8 Å². The zero-order valence-electron chi connectivity index (χ0n) is 19.5. The van der Waals surface area contributed by atoms with Gasteiger partial charge in [0.25, 0.3) is 0 Å². The number of anilines is 2. The first-order valence-corrected chi connectivity index (χ1v) is 11.1. The van der Waals surface area contributed by atoms with Crippen molar-refractivity contribution in [2.24, 2.45) is 0 Å². The molecule has 3 amide bonds. The van der Waals surface area contributed by atoms with Crippen LogP contribution in [-0.4, -0.2) is 29.3 Å². The number of urea groups is 1. The predicted molar refractivity (Wildman–Crippen MR) is 130 cm³/mol. The zero-order valence-corrected chi connectivity index (χ0v) is 19.5. The number of amides is 3. The highest BCUT2D eigenvalue weighted by Crippen LogP contribution is 2.25. The molecule has 0 atom stereocenters. The van der Waals surface area contributed by atoms with E-state index in [0.717, 1.165) is 22.4 Å². The van der Waals surface area contributed by atoms with Crippen LogP contribution in [0.3, 0.4) is 0 Å². The number of ether oxygens (including phenoxy) is 1. The first-order valence-electron chi connectivity index (χ1n) is 11.1. The lowest BCUT2D eigenvalue weighted by Gasteiger charge is -2.22. The minimum Gasteiger partial charge on any atom is -0.485 e. The molecule has 7 heteroatoms. The average Bonchev–Trinajstić information content (AvgIpc) is 3.02. The number of carbonyl (C=O) groups is 2. The van der Waals surface area contributed by atoms with Crippen molar-refractivity contribution in [3.8, 4) is 5.75 Å². The van der Waals surface area contributed by atoms with Crippen LogP contribution in [0.1, 0.15) is 29.2 Å². The van der Waals surface area contributed by atoms with Crippen molar-refractivity contribution >= 4 is 29.5 Å². The topological polar surface area (TPSA) is 61.7 Å². The van der Waals surface area contributed by atoms with Gasteiger partial charge in [0.2, 0.25) is 5.91 Å². The summed E-state index contributed by atoms with van der Waals surface area (Å²) in [5.41, 5.74) is 4.58. The number of fused-ring (bicyclic) bond motifs is 1. The van der Waals surface area contributed by atoms with Crippen LogP contribution in [0.25, 0.3) is 0 Å². The molecule has 0 unspecified atom stereocenters. The maximum Gasteiger partial charge on any atom is 0.496 e. The summed E-state index contributed by atoms with van der Waals surface area (Å²) in [4.78, 5) is 26.9. The molecule has 3 aromatic rings. The Labute approximate surface area is 198 Å². The Hall–Kier alpha value is -4.00. The van der Waals surface area contributed by atoms with Crippen LogP contribution in [0, 0.1) is 19.7 Å². The van der Waals surface area contributed by atoms with E-state index in [4.69, 9.17) is 4.74 Å². The summed E-state index contributed by atoms with van der Waals surface area (Å²) in [5.74, 6) is 0.246. The Balaban J connectivity index is 1.53. The summed E-state index contributed by atoms with van der Waals surface area (Å²) in [6, 6.07) is 17.8. The van der Waals surface area contributed by atoms with Gasteiger partial charge in [0, 0.05) is 24.2 Å². The predicted octanol–water partition coefficient (Wildman–Crippen LogP) is 5.20. The summed E-state index contributed by atoms with van der Waals surface area (Å²) in [7, 11) is 0. The van der Waals surface area contributed by atoms with E-state index in [0.29, 0.717) is 23.5 Å². The van der Waals surface area contributed by atoms with Gasteiger partial charge < -0.3 is 9.64 Å². The number of nitrogens with one attached hydrogen (secondary N) is 1. The number of aryl methyl sites for hydroxylation is 2. The fourth-order valence-electron chi connectivity index (χ4n) is 3.77. The van der Waals surface area contributed by atoms with Gasteiger partial charge in [0.1, 0.15) is 36.6 Å². The fraction of sp³-hybridized carbons (Fsp3) is 0.222. The molecule has 3 aromatic carbocycles. The molecule has 174 valence electrons. The lowest BCUT2D eigenvalue weighted by atomic mass is 10.1. The van der Waals surface area contributed by atoms with Crippen molar-refractivity contribution in [3.05, 3.63) is 88.7 Å². The Morgan fingerprint density at radius 2 is 1.82 bits per heavy atom. The number of halogens is 1. The average molecular weight is 461 g/mol. The number of hydrogen-bond donors (Lipinski definition) is 1. The monoisotopic (exact) mass is 460 g/mol. The van der Waals surface area contributed by atoms with Gasteiger partial charge in [-0.05, 0) is 55.3 Å². The highest BCUT2D eigenvalue weighted by atomic mass is 19.1. The van der Waals surface area contributed by atoms with Crippen LogP contribution in [0.15, 0.2) is 60.7 Å². The zero-order chi connectivity index (χ0) is 24.2. The summed E-state index contributed by atoms with van der Waals surface area (Å²) in [5, 5.41) is 2.73. The van der Waals surface area contributed by atoms with Gasteiger partial charge in [-0.2, -0.15) is 9.37 Å². The van der Waals surface area contributed by atoms with Crippen LogP contribution < -0.4 is 15.0 Å². The van der Waals surface area contributed by atoms with Crippen molar-refractivity contribution in [2.45, 2.75) is 33.9 Å². The van der Waals surface area contributed by atoms with Crippen molar-refractivity contribution in [1.29, 1.82) is 0 Å². The molecule has 34 heavy (non-hydrogen) atoms. The van der Waals surface area contributed by atoms with Crippen LogP contribution in [0.5, 0.6) is 5.75 Å². The molecule has 0 aromatic heterocycles. The molecule has 0 bridgehead atoms. The number of carbonyl (C=O) groups excluding carboxylic acids is 2. The quantitative estimate of drug-likeness (QED) is 0.544. The first kappa shape index (κ1) is 23.2. The second kappa shape index (κ2) is 9.87. The van der Waals surface area contributed by atoms with Gasteiger partial charge in [-0.25, -0.2) is 9.71 Å². The fourth-order valence-corrected chi connectivity index (χ4v) is 3.77. The first-order chi connectivity index (χ1) is 16.3. The molecule has 1 N–H and O–H groups in total. The summed E-state index contributed by atoms with van der Waals surface area (Å²) >= 11 is 0. The van der Waals surface area contributed by atoms with E-state index in [1.165, 1.54) is 10.6 Å². The number of benzene rings is 3. The number of rotatable bonds is 4. The number of nitrogens with zero attached hydrogens (tertiary/aromatic N) is 2. The molecular weight excluding hydrogens is 433 g/mol. The number of hydrogen-bond acceptors (Lipinski definition) is 3. The molecule has 0 fully saturated rings. The molecule has 0 aliphatic carbocycles. The lowest BCUT2D eigenvalue weighted by Crippen LogP contribution is -2.28. The van der Waals surface area contributed by atoms with E-state index < -0.39 is 0 Å². The van der Waals surface area contributed by atoms with Gasteiger partial charge in [0.15, 0.2) is 0 Å². The molecule has 0 saturated carbocycles. The van der Waals surface area contributed by atoms with Crippen molar-refractivity contribution in [1.82, 2.24) is 0 Å². The molecule has 1 aliphatic rings. The van der Waals surface area contributed by atoms with Crippen molar-refractivity contribution in [2.75, 3.05) is 16.8 Å². The van der Waals surface area contributed by atoms with E-state index in [2.05, 4.69) is 5.32 Å². The second-order valence-electron chi connectivity index (χ2n) is 8.40. The van der Waals surface area contributed by atoms with Crippen LogP contribution in [-0.2, 0) is 17.9 Å². The molecule has 1 aliphatic heterocycles. The van der Waals surface area contributed by atoms with E-state index >= 15 is 0 Å². The summed E-state index contributed by atoms with van der Waals surface area (Å²) in [6.07, 6.45) is 1.66. The molecule has 0 spiro atoms. The molecule has 1 heterocycles.